The van der Waals surface area contributed by atoms with E-state index < -0.39 is 5.91 Å². The van der Waals surface area contributed by atoms with Crippen LogP contribution in [-0.4, -0.2) is 17.6 Å². The maximum Gasteiger partial charge on any atom is 0.236 e. The summed E-state index contributed by atoms with van der Waals surface area (Å²) in [6, 6.07) is 9.84. The highest BCUT2D eigenvalue weighted by Gasteiger charge is 1.97. The Kier molecular flexibility index (Phi) is 4.56. The third-order valence-electron chi connectivity index (χ3n) is 1.72. The van der Waals surface area contributed by atoms with Gasteiger partial charge in [-0.2, -0.15) is 0 Å². The minimum Gasteiger partial charge on any atom is -0.368 e. The number of hydrogen-bond acceptors (Lipinski definition) is 2. The van der Waals surface area contributed by atoms with Crippen molar-refractivity contribution in [2.45, 2.75) is 6.54 Å². The van der Waals surface area contributed by atoms with E-state index in [-0.39, 0.29) is 6.54 Å². The normalized spacial score (nSPS) is 9.33. The summed E-state index contributed by atoms with van der Waals surface area (Å²) in [5.41, 5.74) is 6.08. The first-order chi connectivity index (χ1) is 7.18. The van der Waals surface area contributed by atoms with Gasteiger partial charge in [-0.15, -0.1) is 0 Å². The molecule has 0 spiro atoms. The summed E-state index contributed by atoms with van der Waals surface area (Å²) in [7, 11) is 0. The summed E-state index contributed by atoms with van der Waals surface area (Å²) < 4.78 is 0. The second kappa shape index (κ2) is 5.98. The van der Waals surface area contributed by atoms with Gasteiger partial charge < -0.3 is 16.4 Å². The molecule has 1 aromatic carbocycles. The second-order valence-corrected chi connectivity index (χ2v) is 3.40. The summed E-state index contributed by atoms with van der Waals surface area (Å²) in [6.45, 7) is 0.687. The van der Waals surface area contributed by atoms with E-state index in [9.17, 15) is 4.79 Å². The second-order valence-electron chi connectivity index (χ2n) is 2.99. The third kappa shape index (κ3) is 4.97. The Morgan fingerprint density at radius 2 is 1.93 bits per heavy atom. The molecule has 1 aromatic rings. The fraction of sp³-hybridized carbons (Fsp3) is 0.200. The molecule has 0 aliphatic rings. The Labute approximate surface area is 93.9 Å². The van der Waals surface area contributed by atoms with Gasteiger partial charge in [0, 0.05) is 6.54 Å². The van der Waals surface area contributed by atoms with Crippen molar-refractivity contribution in [2.24, 2.45) is 5.73 Å². The molecule has 0 atom stereocenters. The van der Waals surface area contributed by atoms with Crippen LogP contribution < -0.4 is 16.4 Å². The van der Waals surface area contributed by atoms with Crippen LogP contribution in [0.2, 0.25) is 0 Å². The first kappa shape index (κ1) is 11.5. The van der Waals surface area contributed by atoms with Crippen molar-refractivity contribution in [3.05, 3.63) is 35.9 Å². The minimum absolute atomic E-state index is 0.0562. The molecule has 0 aliphatic heterocycles. The van der Waals surface area contributed by atoms with E-state index in [0.717, 1.165) is 5.56 Å². The first-order valence-electron chi connectivity index (χ1n) is 4.52. The highest BCUT2D eigenvalue weighted by molar-refractivity contribution is 7.80. The monoisotopic (exact) mass is 224 g/mol. The molecule has 5 heteroatoms. The Balaban J connectivity index is 2.26. The molecule has 0 saturated heterocycles. The lowest BCUT2D eigenvalue weighted by atomic mass is 10.2. The lowest BCUT2D eigenvalue weighted by molar-refractivity contribution is -0.116. The van der Waals surface area contributed by atoms with Crippen molar-refractivity contribution in [1.82, 2.24) is 10.6 Å². The van der Waals surface area contributed by atoms with E-state index in [1.165, 1.54) is 0 Å². The molecule has 0 radical (unpaired) electrons. The molecule has 80 valence electrons. The number of rotatable bonds is 4. The van der Waals surface area contributed by atoms with Gasteiger partial charge in [0.15, 0.2) is 5.11 Å². The SMILES string of the molecule is NC(=O)CN[13C](=S)NCc1ccccc1. The Morgan fingerprint density at radius 1 is 1.27 bits per heavy atom. The third-order valence-corrected chi connectivity index (χ3v) is 2.01. The van der Waals surface area contributed by atoms with Crippen molar-refractivity contribution in [2.75, 3.05) is 6.54 Å². The Hall–Kier alpha value is -1.62. The van der Waals surface area contributed by atoms with Crippen molar-refractivity contribution in [3.8, 4) is 0 Å². The molecule has 0 heterocycles. The van der Waals surface area contributed by atoms with E-state index in [2.05, 4.69) is 10.6 Å². The molecule has 4 nitrogen and oxygen atoms in total. The molecule has 1 rings (SSSR count). The topological polar surface area (TPSA) is 67.2 Å². The number of nitrogens with two attached hydrogens (primary N) is 1. The minimum atomic E-state index is -0.432. The van der Waals surface area contributed by atoms with Crippen molar-refractivity contribution < 1.29 is 4.79 Å². The number of carbonyl (C=O) groups excluding carboxylic acids is 1. The van der Waals surface area contributed by atoms with Crippen LogP contribution in [0, 0.1) is 0 Å². The van der Waals surface area contributed by atoms with Gasteiger partial charge in [-0.1, -0.05) is 30.3 Å². The maximum atomic E-state index is 10.5. The highest BCUT2D eigenvalue weighted by atomic mass is 32.1. The predicted octanol–water partition coefficient (Wildman–Crippen LogP) is 0.136. The fourth-order valence-electron chi connectivity index (χ4n) is 1.01. The average molecular weight is 224 g/mol. The molecule has 4 N–H and O–H groups in total. The molecule has 0 bridgehead atoms. The van der Waals surface area contributed by atoms with Gasteiger partial charge in [0.25, 0.3) is 0 Å². The molecular formula is C10H13N3OS. The first-order valence-corrected chi connectivity index (χ1v) is 4.93. The average Bonchev–Trinajstić information content (AvgIpc) is 2.25. The number of thiocarbonyl (C=S) groups is 1. The largest absolute Gasteiger partial charge is 0.368 e. The molecule has 15 heavy (non-hydrogen) atoms. The molecule has 1 amide bonds. The number of nitrogens with one attached hydrogen (secondary N) is 2. The predicted molar refractivity (Wildman–Crippen MR) is 63.1 cm³/mol. The van der Waals surface area contributed by atoms with Crippen LogP contribution in [0.1, 0.15) is 5.56 Å². The van der Waals surface area contributed by atoms with E-state index in [1.807, 2.05) is 30.3 Å². The van der Waals surface area contributed by atoms with E-state index in [4.69, 9.17) is 18.0 Å². The Morgan fingerprint density at radius 3 is 2.53 bits per heavy atom. The zero-order valence-corrected chi connectivity index (χ0v) is 9.01. The number of hydrogen-bond donors (Lipinski definition) is 3. The van der Waals surface area contributed by atoms with Crippen LogP contribution in [0.4, 0.5) is 0 Å². The molecule has 0 fully saturated rings. The van der Waals surface area contributed by atoms with Gasteiger partial charge in [-0.25, -0.2) is 0 Å². The standard InChI is InChI=1S/C10H13N3OS/c11-9(14)7-13-10(15)12-6-8-4-2-1-3-5-8/h1-5H,6-7H2,(H2,11,14)(H2,12,13,15)/i10+1. The number of carbonyl (C=O) groups is 1. The van der Waals surface area contributed by atoms with E-state index in [1.54, 1.807) is 0 Å². The van der Waals surface area contributed by atoms with Gasteiger partial charge in [-0.05, 0) is 17.8 Å². The number of primary amides is 1. The van der Waals surface area contributed by atoms with Gasteiger partial charge in [0.05, 0.1) is 6.54 Å². The smallest absolute Gasteiger partial charge is 0.236 e. The maximum absolute atomic E-state index is 10.5. The molecule has 0 saturated carbocycles. The van der Waals surface area contributed by atoms with Crippen LogP contribution in [0.3, 0.4) is 0 Å². The fourth-order valence-corrected chi connectivity index (χ4v) is 1.15. The van der Waals surface area contributed by atoms with Gasteiger partial charge in [0.1, 0.15) is 0 Å². The van der Waals surface area contributed by atoms with Gasteiger partial charge >= 0.3 is 0 Å². The van der Waals surface area contributed by atoms with E-state index in [0.29, 0.717) is 11.7 Å². The van der Waals surface area contributed by atoms with Crippen LogP contribution in [0.5, 0.6) is 0 Å². The van der Waals surface area contributed by atoms with E-state index >= 15 is 0 Å². The van der Waals surface area contributed by atoms with Crippen LogP contribution >= 0.6 is 12.2 Å². The summed E-state index contributed by atoms with van der Waals surface area (Å²) in [6.07, 6.45) is 0. The summed E-state index contributed by atoms with van der Waals surface area (Å²) in [5.74, 6) is -0.432. The lowest BCUT2D eigenvalue weighted by Crippen LogP contribution is -2.39. The number of benzene rings is 1. The van der Waals surface area contributed by atoms with Gasteiger partial charge in [0.2, 0.25) is 5.91 Å². The van der Waals surface area contributed by atoms with Crippen LogP contribution in [0.25, 0.3) is 0 Å². The van der Waals surface area contributed by atoms with Crippen LogP contribution in [-0.2, 0) is 11.3 Å². The molecule has 0 aromatic heterocycles. The quantitative estimate of drug-likeness (QED) is 0.502. The zero-order valence-electron chi connectivity index (χ0n) is 8.19. The number of amides is 1. The zero-order chi connectivity index (χ0) is 11.1. The summed E-state index contributed by atoms with van der Waals surface area (Å²) >= 11 is 4.94. The summed E-state index contributed by atoms with van der Waals surface area (Å²) in [5, 5.41) is 6.09. The lowest BCUT2D eigenvalue weighted by Gasteiger charge is -2.08. The van der Waals surface area contributed by atoms with Crippen molar-refractivity contribution >= 4 is 23.2 Å². The molecular weight excluding hydrogens is 211 g/mol. The highest BCUT2D eigenvalue weighted by Crippen LogP contribution is 1.96. The van der Waals surface area contributed by atoms with Crippen molar-refractivity contribution in [3.63, 3.8) is 0 Å². The summed E-state index contributed by atoms with van der Waals surface area (Å²) in [4.78, 5) is 10.5. The van der Waals surface area contributed by atoms with Crippen molar-refractivity contribution in [1.29, 1.82) is 0 Å². The molecule has 0 aliphatic carbocycles. The van der Waals surface area contributed by atoms with Crippen LogP contribution in [0.15, 0.2) is 30.3 Å². The molecule has 0 unspecified atom stereocenters. The Bertz CT molecular complexity index is 340. The van der Waals surface area contributed by atoms with Gasteiger partial charge in [-0.3, -0.25) is 4.79 Å².